The van der Waals surface area contributed by atoms with Crippen molar-refractivity contribution in [3.63, 3.8) is 0 Å². The topological polar surface area (TPSA) is 84.5 Å². The van der Waals surface area contributed by atoms with Gasteiger partial charge in [0.05, 0.1) is 28.9 Å². The number of nitrogens with one attached hydrogen (secondary N) is 2. The van der Waals surface area contributed by atoms with Crippen molar-refractivity contribution >= 4 is 27.3 Å². The molecule has 0 spiro atoms. The van der Waals surface area contributed by atoms with Gasteiger partial charge in [-0.15, -0.1) is 0 Å². The number of rotatable bonds is 6. The largest absolute Gasteiger partial charge is 0.495 e. The van der Waals surface area contributed by atoms with Crippen LogP contribution in [0.4, 0.5) is 20.2 Å². The van der Waals surface area contributed by atoms with Crippen LogP contribution >= 0.6 is 0 Å². The van der Waals surface area contributed by atoms with Crippen LogP contribution in [-0.2, 0) is 10.0 Å². The highest BCUT2D eigenvalue weighted by molar-refractivity contribution is 7.92. The first-order valence-electron chi connectivity index (χ1n) is 8.32. The summed E-state index contributed by atoms with van der Waals surface area (Å²) in [5.74, 6) is -1.91. The lowest BCUT2D eigenvalue weighted by Gasteiger charge is -2.14. The predicted octanol–water partition coefficient (Wildman–Crippen LogP) is 4.03. The van der Waals surface area contributed by atoms with Crippen LogP contribution < -0.4 is 14.8 Å². The Bertz CT molecular complexity index is 1170. The number of carbonyl (C=O) groups is 1. The zero-order chi connectivity index (χ0) is 21.0. The molecule has 0 radical (unpaired) electrons. The molecule has 0 unspecified atom stereocenters. The second-order valence-electron chi connectivity index (χ2n) is 5.91. The molecule has 0 saturated heterocycles. The number of carbonyl (C=O) groups excluding carboxylic acids is 1. The molecule has 3 aromatic rings. The van der Waals surface area contributed by atoms with Crippen molar-refractivity contribution in [2.24, 2.45) is 0 Å². The van der Waals surface area contributed by atoms with Crippen LogP contribution in [0.25, 0.3) is 0 Å². The van der Waals surface area contributed by atoms with Gasteiger partial charge in [0.15, 0.2) is 0 Å². The molecule has 0 saturated carbocycles. The molecule has 3 rings (SSSR count). The first-order valence-corrected chi connectivity index (χ1v) is 9.81. The van der Waals surface area contributed by atoms with Crippen LogP contribution in [0, 0.1) is 11.6 Å². The van der Waals surface area contributed by atoms with E-state index in [9.17, 15) is 22.0 Å². The van der Waals surface area contributed by atoms with E-state index in [2.05, 4.69) is 10.0 Å². The third-order valence-electron chi connectivity index (χ3n) is 3.92. The van der Waals surface area contributed by atoms with Crippen LogP contribution in [0.2, 0.25) is 0 Å². The van der Waals surface area contributed by atoms with Crippen LogP contribution in [-0.4, -0.2) is 21.4 Å². The van der Waals surface area contributed by atoms with Crippen molar-refractivity contribution in [1.29, 1.82) is 0 Å². The first-order chi connectivity index (χ1) is 13.8. The number of benzene rings is 3. The first kappa shape index (κ1) is 20.3. The van der Waals surface area contributed by atoms with E-state index in [0.717, 1.165) is 12.1 Å². The predicted molar refractivity (Wildman–Crippen MR) is 105 cm³/mol. The van der Waals surface area contributed by atoms with E-state index in [-0.39, 0.29) is 27.6 Å². The summed E-state index contributed by atoms with van der Waals surface area (Å²) in [6.07, 6.45) is 0. The van der Waals surface area contributed by atoms with E-state index in [1.54, 1.807) is 0 Å². The maximum Gasteiger partial charge on any atom is 0.261 e. The molecular weight excluding hydrogens is 402 g/mol. The molecule has 0 aromatic heterocycles. The number of methoxy groups -OCH3 is 1. The Hall–Kier alpha value is -3.46. The summed E-state index contributed by atoms with van der Waals surface area (Å²) in [5, 5.41) is 2.45. The minimum atomic E-state index is -4.08. The van der Waals surface area contributed by atoms with Crippen LogP contribution in [0.5, 0.6) is 5.75 Å². The second kappa shape index (κ2) is 8.27. The second-order valence-corrected chi connectivity index (χ2v) is 7.59. The highest BCUT2D eigenvalue weighted by Gasteiger charge is 2.19. The van der Waals surface area contributed by atoms with Gasteiger partial charge < -0.3 is 10.1 Å². The van der Waals surface area contributed by atoms with Crippen molar-refractivity contribution in [2.75, 3.05) is 17.1 Å². The maximum atomic E-state index is 13.8. The van der Waals surface area contributed by atoms with Crippen molar-refractivity contribution in [2.45, 2.75) is 4.90 Å². The Morgan fingerprint density at radius 2 is 1.72 bits per heavy atom. The van der Waals surface area contributed by atoms with Gasteiger partial charge in [0.1, 0.15) is 17.4 Å². The molecule has 0 bridgehead atoms. The average molecular weight is 418 g/mol. The van der Waals surface area contributed by atoms with Gasteiger partial charge in [-0.25, -0.2) is 17.2 Å². The summed E-state index contributed by atoms with van der Waals surface area (Å²) in [4.78, 5) is 12.2. The Kier molecular flexibility index (Phi) is 5.79. The molecule has 3 aromatic carbocycles. The monoisotopic (exact) mass is 418 g/mol. The number of sulfonamides is 1. The molecule has 0 aliphatic carbocycles. The van der Waals surface area contributed by atoms with Gasteiger partial charge >= 0.3 is 0 Å². The van der Waals surface area contributed by atoms with Crippen LogP contribution in [0.1, 0.15) is 10.4 Å². The number of halogens is 2. The summed E-state index contributed by atoms with van der Waals surface area (Å²) in [6.45, 7) is 0. The van der Waals surface area contributed by atoms with E-state index in [1.807, 2.05) is 0 Å². The number of anilines is 2. The van der Waals surface area contributed by atoms with E-state index in [4.69, 9.17) is 4.74 Å². The van der Waals surface area contributed by atoms with Gasteiger partial charge in [0, 0.05) is 0 Å². The molecular formula is C20H16F2N2O4S. The zero-order valence-corrected chi connectivity index (χ0v) is 16.0. The fourth-order valence-electron chi connectivity index (χ4n) is 2.55. The van der Waals surface area contributed by atoms with Crippen molar-refractivity contribution in [3.8, 4) is 5.75 Å². The molecule has 0 fully saturated rings. The van der Waals surface area contributed by atoms with Crippen molar-refractivity contribution < 1.29 is 26.7 Å². The molecule has 1 amide bonds. The van der Waals surface area contributed by atoms with Crippen molar-refractivity contribution in [3.05, 3.63) is 83.9 Å². The minimum Gasteiger partial charge on any atom is -0.495 e. The Morgan fingerprint density at radius 1 is 0.966 bits per heavy atom. The Balaban J connectivity index is 1.92. The Labute approximate surface area is 166 Å². The lowest BCUT2D eigenvalue weighted by atomic mass is 10.2. The molecule has 0 aliphatic rings. The summed E-state index contributed by atoms with van der Waals surface area (Å²) in [6, 6.07) is 14.1. The summed E-state index contributed by atoms with van der Waals surface area (Å²) in [5.41, 5.74) is -0.138. The van der Waals surface area contributed by atoms with E-state index < -0.39 is 27.6 Å². The number of amides is 1. The number of hydrogen-bond donors (Lipinski definition) is 2. The van der Waals surface area contributed by atoms with Gasteiger partial charge in [-0.1, -0.05) is 18.2 Å². The molecule has 0 heterocycles. The van der Waals surface area contributed by atoms with Gasteiger partial charge in [-0.2, -0.15) is 0 Å². The highest BCUT2D eigenvalue weighted by Crippen LogP contribution is 2.29. The molecule has 6 nitrogen and oxygen atoms in total. The zero-order valence-electron chi connectivity index (χ0n) is 15.1. The van der Waals surface area contributed by atoms with Gasteiger partial charge in [0.2, 0.25) is 0 Å². The SMILES string of the molecule is COc1ccc(S(=O)(=O)Nc2cccc(F)c2)cc1NC(=O)c1ccccc1F. The summed E-state index contributed by atoms with van der Waals surface area (Å²) >= 11 is 0. The highest BCUT2D eigenvalue weighted by atomic mass is 32.2. The lowest BCUT2D eigenvalue weighted by molar-refractivity contribution is 0.102. The van der Waals surface area contributed by atoms with Gasteiger partial charge in [0.25, 0.3) is 15.9 Å². The fourth-order valence-corrected chi connectivity index (χ4v) is 3.63. The summed E-state index contributed by atoms with van der Waals surface area (Å²) in [7, 11) is -2.74. The molecule has 0 aliphatic heterocycles. The quantitative estimate of drug-likeness (QED) is 0.633. The third kappa shape index (κ3) is 4.69. The molecule has 0 atom stereocenters. The van der Waals surface area contributed by atoms with Gasteiger partial charge in [-0.3, -0.25) is 9.52 Å². The normalized spacial score (nSPS) is 11.0. The molecule has 150 valence electrons. The maximum absolute atomic E-state index is 13.8. The van der Waals surface area contributed by atoms with E-state index >= 15 is 0 Å². The molecule has 29 heavy (non-hydrogen) atoms. The standard InChI is InChI=1S/C20H16F2N2O4S/c1-28-19-10-9-15(29(26,27)24-14-6-4-5-13(21)11-14)12-18(19)23-20(25)16-7-2-3-8-17(16)22/h2-12,24H,1H3,(H,23,25). The van der Waals surface area contributed by atoms with Crippen LogP contribution in [0.3, 0.4) is 0 Å². The van der Waals surface area contributed by atoms with Crippen LogP contribution in [0.15, 0.2) is 71.6 Å². The average Bonchev–Trinajstić information content (AvgIpc) is 2.68. The summed E-state index contributed by atoms with van der Waals surface area (Å²) < 4.78 is 59.8. The molecule has 2 N–H and O–H groups in total. The van der Waals surface area contributed by atoms with E-state index in [0.29, 0.717) is 0 Å². The van der Waals surface area contributed by atoms with Gasteiger partial charge in [-0.05, 0) is 48.5 Å². The molecule has 9 heteroatoms. The lowest BCUT2D eigenvalue weighted by Crippen LogP contribution is -2.16. The fraction of sp³-hybridized carbons (Fsp3) is 0.0500. The number of hydrogen-bond acceptors (Lipinski definition) is 4. The minimum absolute atomic E-state index is 0.0304. The smallest absolute Gasteiger partial charge is 0.261 e. The Morgan fingerprint density at radius 3 is 2.41 bits per heavy atom. The number of ether oxygens (including phenoxy) is 1. The van der Waals surface area contributed by atoms with Crippen molar-refractivity contribution in [1.82, 2.24) is 0 Å². The third-order valence-corrected chi connectivity index (χ3v) is 5.30. The van der Waals surface area contributed by atoms with E-state index in [1.165, 1.54) is 61.7 Å².